The summed E-state index contributed by atoms with van der Waals surface area (Å²) in [5.41, 5.74) is 1.08. The zero-order valence-electron chi connectivity index (χ0n) is 16.9. The number of esters is 1. The van der Waals surface area contributed by atoms with Crippen molar-refractivity contribution >= 4 is 28.7 Å². The Morgan fingerprint density at radius 1 is 1.16 bits per heavy atom. The molecule has 2 heterocycles. The smallest absolute Gasteiger partial charge is 0.336 e. The van der Waals surface area contributed by atoms with Crippen molar-refractivity contribution in [3.8, 4) is 17.3 Å². The fourth-order valence-electron chi connectivity index (χ4n) is 3.15. The Labute approximate surface area is 181 Å². The van der Waals surface area contributed by atoms with Crippen LogP contribution in [0, 0.1) is 10.1 Å². The highest BCUT2D eigenvalue weighted by atomic mass is 16.6. The monoisotopic (exact) mass is 431 g/mol. The van der Waals surface area contributed by atoms with Crippen LogP contribution in [0.4, 0.5) is 5.69 Å². The molecule has 2 aromatic heterocycles. The molecule has 0 atom stereocenters. The minimum absolute atomic E-state index is 0.00570. The second kappa shape index (κ2) is 8.73. The van der Waals surface area contributed by atoms with Crippen molar-refractivity contribution in [3.63, 3.8) is 0 Å². The van der Waals surface area contributed by atoms with E-state index in [1.54, 1.807) is 30.3 Å². The van der Waals surface area contributed by atoms with Gasteiger partial charge in [0.2, 0.25) is 16.9 Å². The lowest BCUT2D eigenvalue weighted by Crippen LogP contribution is -2.14. The van der Waals surface area contributed by atoms with E-state index in [2.05, 4.69) is 0 Å². The summed E-state index contributed by atoms with van der Waals surface area (Å²) in [5, 5.41) is 11.2. The molecule has 4 rings (SSSR count). The molecule has 0 fully saturated rings. The Kier molecular flexibility index (Phi) is 5.67. The lowest BCUT2D eigenvalue weighted by atomic mass is 10.1. The average molecular weight is 431 g/mol. The van der Waals surface area contributed by atoms with E-state index < -0.39 is 16.3 Å². The summed E-state index contributed by atoms with van der Waals surface area (Å²) in [6.07, 6.45) is 4.57. The van der Waals surface area contributed by atoms with Crippen molar-refractivity contribution in [2.75, 3.05) is 0 Å². The fourth-order valence-corrected chi connectivity index (χ4v) is 3.15. The van der Waals surface area contributed by atoms with Crippen LogP contribution < -0.4 is 10.2 Å². The molecule has 0 bridgehead atoms. The maximum atomic E-state index is 13.2. The minimum atomic E-state index is -0.845. The molecule has 0 saturated heterocycles. The number of furan rings is 1. The zero-order valence-corrected chi connectivity index (χ0v) is 16.9. The van der Waals surface area contributed by atoms with E-state index in [4.69, 9.17) is 13.6 Å². The number of hydrogen-bond acceptors (Lipinski definition) is 7. The van der Waals surface area contributed by atoms with Gasteiger partial charge >= 0.3 is 5.97 Å². The van der Waals surface area contributed by atoms with Gasteiger partial charge in [-0.2, -0.15) is 0 Å². The van der Waals surface area contributed by atoms with Gasteiger partial charge in [0.15, 0.2) is 5.76 Å². The third-order valence-electron chi connectivity index (χ3n) is 4.76. The van der Waals surface area contributed by atoms with Crippen LogP contribution in [0.5, 0.6) is 5.75 Å². The van der Waals surface area contributed by atoms with E-state index in [0.29, 0.717) is 11.1 Å². The van der Waals surface area contributed by atoms with Gasteiger partial charge < -0.3 is 13.6 Å². The number of hydrogen-bond donors (Lipinski definition) is 0. The number of nitro benzene ring substituents is 1. The maximum absolute atomic E-state index is 13.2. The van der Waals surface area contributed by atoms with Gasteiger partial charge in [-0.3, -0.25) is 14.9 Å². The number of carbonyl (C=O) groups is 1. The Morgan fingerprint density at radius 2 is 2.00 bits per heavy atom. The maximum Gasteiger partial charge on any atom is 0.336 e. The molecule has 0 spiro atoms. The van der Waals surface area contributed by atoms with E-state index >= 15 is 0 Å². The highest BCUT2D eigenvalue weighted by molar-refractivity contribution is 5.91. The molecule has 160 valence electrons. The van der Waals surface area contributed by atoms with Crippen LogP contribution in [0.1, 0.15) is 18.1 Å². The van der Waals surface area contributed by atoms with E-state index in [0.717, 1.165) is 18.1 Å². The Morgan fingerprint density at radius 3 is 2.72 bits per heavy atom. The first-order valence-electron chi connectivity index (χ1n) is 9.74. The van der Waals surface area contributed by atoms with Crippen molar-refractivity contribution in [3.05, 3.63) is 98.4 Å². The molecular weight excluding hydrogens is 414 g/mol. The van der Waals surface area contributed by atoms with Gasteiger partial charge in [-0.1, -0.05) is 25.1 Å². The second-order valence-electron chi connectivity index (χ2n) is 6.86. The van der Waals surface area contributed by atoms with E-state index in [9.17, 15) is 19.7 Å². The van der Waals surface area contributed by atoms with Crippen LogP contribution in [-0.4, -0.2) is 10.9 Å². The molecule has 0 aliphatic rings. The molecule has 4 aromatic rings. The normalized spacial score (nSPS) is 11.2. The molecular formula is C24H17NO7. The number of non-ortho nitro benzene ring substituents is 1. The molecule has 0 aliphatic carbocycles. The zero-order chi connectivity index (χ0) is 22.7. The molecule has 0 radical (unpaired) electrons. The molecule has 8 nitrogen and oxygen atoms in total. The summed E-state index contributed by atoms with van der Waals surface area (Å²) in [6, 6.07) is 14.2. The number of aryl methyl sites for hydroxylation is 1. The van der Waals surface area contributed by atoms with Crippen LogP contribution in [0.2, 0.25) is 0 Å². The van der Waals surface area contributed by atoms with Gasteiger partial charge in [-0.05, 0) is 47.9 Å². The van der Waals surface area contributed by atoms with Crippen molar-refractivity contribution < 1.29 is 23.3 Å². The summed E-state index contributed by atoms with van der Waals surface area (Å²) in [6.45, 7) is 1.96. The third kappa shape index (κ3) is 4.20. The molecule has 0 unspecified atom stereocenters. The van der Waals surface area contributed by atoms with Gasteiger partial charge in [0.25, 0.3) is 5.69 Å². The molecule has 8 heteroatoms. The molecule has 32 heavy (non-hydrogen) atoms. The van der Waals surface area contributed by atoms with Crippen LogP contribution >= 0.6 is 0 Å². The van der Waals surface area contributed by atoms with Crippen molar-refractivity contribution in [2.24, 2.45) is 0 Å². The summed E-state index contributed by atoms with van der Waals surface area (Å²) in [7, 11) is 0. The van der Waals surface area contributed by atoms with Crippen LogP contribution in [0.15, 0.2) is 80.6 Å². The summed E-state index contributed by atoms with van der Waals surface area (Å²) < 4.78 is 16.6. The number of nitro groups is 1. The fraction of sp³-hybridized carbons (Fsp3) is 0.0833. The Hall–Kier alpha value is -4.46. The topological polar surface area (TPSA) is 113 Å². The first-order chi connectivity index (χ1) is 15.5. The van der Waals surface area contributed by atoms with E-state index in [-0.39, 0.29) is 28.3 Å². The van der Waals surface area contributed by atoms with Gasteiger partial charge in [0.05, 0.1) is 16.6 Å². The Balaban J connectivity index is 1.72. The number of ether oxygens (including phenoxy) is 1. The third-order valence-corrected chi connectivity index (χ3v) is 4.76. The lowest BCUT2D eigenvalue weighted by molar-refractivity contribution is -0.384. The average Bonchev–Trinajstić information content (AvgIpc) is 3.34. The first-order valence-corrected chi connectivity index (χ1v) is 9.74. The second-order valence-corrected chi connectivity index (χ2v) is 6.86. The van der Waals surface area contributed by atoms with E-state index in [1.165, 1.54) is 30.5 Å². The van der Waals surface area contributed by atoms with Crippen LogP contribution in [0.25, 0.3) is 28.6 Å². The molecule has 2 aromatic carbocycles. The van der Waals surface area contributed by atoms with Crippen molar-refractivity contribution in [2.45, 2.75) is 13.3 Å². The SMILES string of the molecule is CCc1ccc2oc(-c3ccco3)c(OC(=O)C=Cc3cccc([N+](=O)[O-])c3)c(=O)c2c1. The number of fused-ring (bicyclic) bond motifs is 1. The first kappa shape index (κ1) is 20.8. The molecule has 0 amide bonds. The number of benzene rings is 2. The molecule has 0 N–H and O–H groups in total. The highest BCUT2D eigenvalue weighted by Gasteiger charge is 2.21. The number of rotatable bonds is 6. The molecule has 0 saturated carbocycles. The minimum Gasteiger partial charge on any atom is -0.461 e. The van der Waals surface area contributed by atoms with Crippen LogP contribution in [0.3, 0.4) is 0 Å². The van der Waals surface area contributed by atoms with Gasteiger partial charge in [0.1, 0.15) is 5.58 Å². The predicted molar refractivity (Wildman–Crippen MR) is 117 cm³/mol. The van der Waals surface area contributed by atoms with Crippen molar-refractivity contribution in [1.29, 1.82) is 0 Å². The number of nitrogens with zero attached hydrogens (tertiary/aromatic N) is 1. The Bertz CT molecular complexity index is 1400. The largest absolute Gasteiger partial charge is 0.461 e. The molecule has 0 aliphatic heterocycles. The lowest BCUT2D eigenvalue weighted by Gasteiger charge is -2.08. The van der Waals surface area contributed by atoms with Crippen molar-refractivity contribution in [1.82, 2.24) is 0 Å². The summed E-state index contributed by atoms with van der Waals surface area (Å²) in [5.74, 6) is -0.917. The highest BCUT2D eigenvalue weighted by Crippen LogP contribution is 2.31. The van der Waals surface area contributed by atoms with E-state index in [1.807, 2.05) is 13.0 Å². The van der Waals surface area contributed by atoms with Crippen LogP contribution in [-0.2, 0) is 11.2 Å². The number of carbonyl (C=O) groups excluding carboxylic acids is 1. The summed E-state index contributed by atoms with van der Waals surface area (Å²) in [4.78, 5) is 36.0. The van der Waals surface area contributed by atoms with Gasteiger partial charge in [-0.15, -0.1) is 0 Å². The van der Waals surface area contributed by atoms with Gasteiger partial charge in [0, 0.05) is 18.2 Å². The summed E-state index contributed by atoms with van der Waals surface area (Å²) >= 11 is 0. The predicted octanol–water partition coefficient (Wildman–Crippen LogP) is 5.14. The standard InChI is InChI=1S/C24H17NO7/c1-2-15-8-10-19-18(14-15)22(27)24(23(31-19)20-7-4-12-30-20)32-21(26)11-9-16-5-3-6-17(13-16)25(28)29/h3-14H,2H2,1H3. The quantitative estimate of drug-likeness (QED) is 0.180. The van der Waals surface area contributed by atoms with Gasteiger partial charge in [-0.25, -0.2) is 4.79 Å².